The van der Waals surface area contributed by atoms with Gasteiger partial charge in [-0.2, -0.15) is 15.8 Å². The molecule has 2 fully saturated rings. The smallest absolute Gasteiger partial charge is 0.311 e. The number of aliphatic hydroxyl groups is 1. The van der Waals surface area contributed by atoms with Gasteiger partial charge in [-0.1, -0.05) is 19.9 Å². The molecule has 1 amide bonds. The molecule has 1 aromatic rings. The second kappa shape index (κ2) is 6.69. The van der Waals surface area contributed by atoms with Crippen molar-refractivity contribution in [2.75, 3.05) is 7.11 Å². The Bertz CT molecular complexity index is 1050. The zero-order chi connectivity index (χ0) is 22.5. The van der Waals surface area contributed by atoms with E-state index in [1.807, 2.05) is 18.2 Å². The molecule has 2 N–H and O–H groups in total. The second-order valence-corrected chi connectivity index (χ2v) is 8.00. The first-order valence-electron chi connectivity index (χ1n) is 9.19. The second-order valence-electron chi connectivity index (χ2n) is 8.00. The van der Waals surface area contributed by atoms with Crippen molar-refractivity contribution in [3.05, 3.63) is 33.9 Å². The molecule has 1 heterocycles. The standard InChI is InChI=1S/C20H19N5O5/c1-11(2)16-19(10-23)17(26)24-20(16,27)7-13(18(19,8-21)9-22)12-4-5-15(30-3)14(6-12)25(28)29/h4-6,11,13,16,27H,7H2,1-3H3,(H,24,26). The zero-order valence-electron chi connectivity index (χ0n) is 16.5. The zero-order valence-corrected chi connectivity index (χ0v) is 16.5. The van der Waals surface area contributed by atoms with E-state index in [9.17, 15) is 35.8 Å². The minimum absolute atomic E-state index is 0.0231. The summed E-state index contributed by atoms with van der Waals surface area (Å²) < 4.78 is 4.99. The summed E-state index contributed by atoms with van der Waals surface area (Å²) in [5.41, 5.74) is -6.39. The Morgan fingerprint density at radius 1 is 1.30 bits per heavy atom. The van der Waals surface area contributed by atoms with Crippen LogP contribution in [0.1, 0.15) is 31.7 Å². The van der Waals surface area contributed by atoms with Crippen molar-refractivity contribution in [3.63, 3.8) is 0 Å². The molecule has 2 aliphatic rings. The van der Waals surface area contributed by atoms with E-state index in [4.69, 9.17) is 4.74 Å². The molecule has 30 heavy (non-hydrogen) atoms. The molecule has 1 aliphatic heterocycles. The maximum Gasteiger partial charge on any atom is 0.311 e. The number of hydrogen-bond donors (Lipinski definition) is 2. The van der Waals surface area contributed by atoms with E-state index in [0.29, 0.717) is 0 Å². The van der Waals surface area contributed by atoms with Crippen molar-refractivity contribution >= 4 is 11.6 Å². The van der Waals surface area contributed by atoms with Crippen LogP contribution < -0.4 is 10.1 Å². The van der Waals surface area contributed by atoms with E-state index in [1.165, 1.54) is 19.2 Å². The number of amides is 1. The van der Waals surface area contributed by atoms with Crippen LogP contribution in [0.25, 0.3) is 0 Å². The van der Waals surface area contributed by atoms with Crippen LogP contribution in [-0.4, -0.2) is 28.8 Å². The highest BCUT2D eigenvalue weighted by Gasteiger charge is 2.79. The van der Waals surface area contributed by atoms with Gasteiger partial charge in [0.15, 0.2) is 16.6 Å². The summed E-state index contributed by atoms with van der Waals surface area (Å²) >= 11 is 0. The van der Waals surface area contributed by atoms with E-state index < -0.39 is 50.8 Å². The fourth-order valence-electron chi connectivity index (χ4n) is 5.27. The number of methoxy groups -OCH3 is 1. The molecule has 1 aliphatic carbocycles. The maximum absolute atomic E-state index is 13.0. The fourth-order valence-corrected chi connectivity index (χ4v) is 5.27. The van der Waals surface area contributed by atoms with Gasteiger partial charge in [0.2, 0.25) is 5.91 Å². The Kier molecular flexibility index (Phi) is 4.69. The average Bonchev–Trinajstić information content (AvgIpc) is 2.90. The van der Waals surface area contributed by atoms with Crippen LogP contribution in [0.4, 0.5) is 5.69 Å². The summed E-state index contributed by atoms with van der Waals surface area (Å²) in [6.45, 7) is 3.39. The number of ether oxygens (including phenoxy) is 1. The number of fused-ring (bicyclic) bond motifs is 2. The van der Waals surface area contributed by atoms with Crippen LogP contribution in [0.15, 0.2) is 18.2 Å². The van der Waals surface area contributed by atoms with Crippen molar-refractivity contribution in [2.45, 2.75) is 31.9 Å². The molecule has 154 valence electrons. The molecular weight excluding hydrogens is 390 g/mol. The van der Waals surface area contributed by atoms with Crippen LogP contribution in [-0.2, 0) is 4.79 Å². The predicted octanol–water partition coefficient (Wildman–Crippen LogP) is 1.72. The SMILES string of the molecule is COc1ccc(C2CC3(O)NC(=O)C(C#N)(C3C(C)C)C2(C#N)C#N)cc1[N+](=O)[O-]. The van der Waals surface area contributed by atoms with Gasteiger partial charge >= 0.3 is 5.69 Å². The summed E-state index contributed by atoms with van der Waals surface area (Å²) in [6, 6.07) is 9.58. The van der Waals surface area contributed by atoms with Gasteiger partial charge in [0, 0.05) is 24.3 Å². The first-order valence-corrected chi connectivity index (χ1v) is 9.19. The number of rotatable bonds is 4. The van der Waals surface area contributed by atoms with Crippen molar-refractivity contribution in [1.82, 2.24) is 5.32 Å². The number of nitro benzene ring substituents is 1. The summed E-state index contributed by atoms with van der Waals surface area (Å²) in [7, 11) is 1.26. The van der Waals surface area contributed by atoms with Gasteiger partial charge in [0.05, 0.1) is 30.2 Å². The highest BCUT2D eigenvalue weighted by Crippen LogP contribution is 2.66. The largest absolute Gasteiger partial charge is 0.490 e. The van der Waals surface area contributed by atoms with Gasteiger partial charge in [-0.25, -0.2) is 0 Å². The van der Waals surface area contributed by atoms with Crippen molar-refractivity contribution in [1.29, 1.82) is 15.8 Å². The highest BCUT2D eigenvalue weighted by atomic mass is 16.6. The first kappa shape index (κ1) is 21.0. The molecule has 1 aromatic carbocycles. The number of nitrogens with one attached hydrogen (secondary N) is 1. The summed E-state index contributed by atoms with van der Waals surface area (Å²) in [5.74, 6) is -3.49. The normalized spacial score (nSPS) is 31.2. The fraction of sp³-hybridized carbons (Fsp3) is 0.500. The van der Waals surface area contributed by atoms with Crippen molar-refractivity contribution < 1.29 is 19.6 Å². The molecule has 0 radical (unpaired) electrons. The van der Waals surface area contributed by atoms with Gasteiger partial charge in [0.1, 0.15) is 5.72 Å². The lowest BCUT2D eigenvalue weighted by Gasteiger charge is -2.50. The quantitative estimate of drug-likeness (QED) is 0.558. The van der Waals surface area contributed by atoms with Gasteiger partial charge in [0.25, 0.3) is 0 Å². The topological polar surface area (TPSA) is 173 Å². The number of carbonyl (C=O) groups excluding carboxylic acids is 1. The molecule has 10 nitrogen and oxygen atoms in total. The average molecular weight is 409 g/mol. The molecular formula is C20H19N5O5. The van der Waals surface area contributed by atoms with Crippen LogP contribution >= 0.6 is 0 Å². The Morgan fingerprint density at radius 2 is 1.93 bits per heavy atom. The number of nitriles is 3. The molecule has 4 unspecified atom stereocenters. The van der Waals surface area contributed by atoms with Crippen LogP contribution in [0.3, 0.4) is 0 Å². The van der Waals surface area contributed by atoms with E-state index in [-0.39, 0.29) is 17.7 Å². The number of hydrogen-bond acceptors (Lipinski definition) is 8. The monoisotopic (exact) mass is 409 g/mol. The maximum atomic E-state index is 13.0. The summed E-state index contributed by atoms with van der Waals surface area (Å²) in [6.07, 6.45) is -0.254. The minimum Gasteiger partial charge on any atom is -0.490 e. The van der Waals surface area contributed by atoms with E-state index >= 15 is 0 Å². The Balaban J connectivity index is 2.34. The van der Waals surface area contributed by atoms with Crippen molar-refractivity contribution in [3.8, 4) is 24.0 Å². The predicted molar refractivity (Wildman–Crippen MR) is 100 cm³/mol. The lowest BCUT2D eigenvalue weighted by Crippen LogP contribution is -2.60. The molecule has 4 atom stereocenters. The number of carbonyl (C=O) groups is 1. The lowest BCUT2D eigenvalue weighted by atomic mass is 9.46. The Hall–Kier alpha value is -3.68. The first-order chi connectivity index (χ1) is 14.1. The molecule has 2 bridgehead atoms. The van der Waals surface area contributed by atoms with Crippen LogP contribution in [0, 0.1) is 66.8 Å². The number of benzene rings is 1. The third-order valence-corrected chi connectivity index (χ3v) is 6.33. The third-order valence-electron chi connectivity index (χ3n) is 6.33. The molecule has 0 aromatic heterocycles. The number of nitrogens with zero attached hydrogens (tertiary/aromatic N) is 4. The summed E-state index contributed by atoms with van der Waals surface area (Å²) in [4.78, 5) is 23.8. The van der Waals surface area contributed by atoms with E-state index in [1.54, 1.807) is 13.8 Å². The molecule has 1 saturated carbocycles. The molecule has 0 spiro atoms. The molecule has 10 heteroatoms. The van der Waals surface area contributed by atoms with Gasteiger partial charge in [-0.15, -0.1) is 0 Å². The van der Waals surface area contributed by atoms with Gasteiger partial charge in [-0.05, 0) is 17.5 Å². The minimum atomic E-state index is -2.17. The van der Waals surface area contributed by atoms with Gasteiger partial charge in [-0.3, -0.25) is 14.9 Å². The van der Waals surface area contributed by atoms with Crippen LogP contribution in [0.2, 0.25) is 0 Å². The van der Waals surface area contributed by atoms with E-state index in [0.717, 1.165) is 6.07 Å². The molecule has 3 rings (SSSR count). The van der Waals surface area contributed by atoms with Crippen molar-refractivity contribution in [2.24, 2.45) is 22.7 Å². The third kappa shape index (κ3) is 2.33. The number of nitro groups is 1. The van der Waals surface area contributed by atoms with Crippen LogP contribution in [0.5, 0.6) is 5.75 Å². The summed E-state index contributed by atoms with van der Waals surface area (Å²) in [5, 5.41) is 55.5. The Labute approximate surface area is 172 Å². The lowest BCUT2D eigenvalue weighted by molar-refractivity contribution is -0.385. The van der Waals surface area contributed by atoms with E-state index in [2.05, 4.69) is 5.32 Å². The van der Waals surface area contributed by atoms with Gasteiger partial charge < -0.3 is 15.2 Å². The molecule has 1 saturated heterocycles. The highest BCUT2D eigenvalue weighted by molar-refractivity contribution is 5.92. The Morgan fingerprint density at radius 3 is 2.40 bits per heavy atom.